The van der Waals surface area contributed by atoms with Gasteiger partial charge in [0.05, 0.1) is 5.02 Å². The maximum Gasteiger partial charge on any atom is 0.0560 e. The fraction of sp³-hybridized carbons (Fsp3) is 0. The van der Waals surface area contributed by atoms with Gasteiger partial charge in [-0.15, -0.1) is 0 Å². The van der Waals surface area contributed by atoms with Crippen LogP contribution in [0.2, 0.25) is 15.1 Å². The van der Waals surface area contributed by atoms with Gasteiger partial charge < -0.3 is 5.73 Å². The first-order valence-corrected chi connectivity index (χ1v) is 6.68. The fourth-order valence-electron chi connectivity index (χ4n) is 1.33. The van der Waals surface area contributed by atoms with Crippen LogP contribution in [0.15, 0.2) is 46.2 Å². The summed E-state index contributed by atoms with van der Waals surface area (Å²) in [5.41, 5.74) is 6.35. The van der Waals surface area contributed by atoms with Crippen molar-refractivity contribution in [1.82, 2.24) is 0 Å². The summed E-state index contributed by atoms with van der Waals surface area (Å²) in [4.78, 5) is 1.86. The third-order valence-corrected chi connectivity index (χ3v) is 3.94. The Hall–Kier alpha value is -0.540. The number of hydrogen-bond donors (Lipinski definition) is 1. The summed E-state index contributed by atoms with van der Waals surface area (Å²) >= 11 is 19.4. The lowest BCUT2D eigenvalue weighted by atomic mass is 10.3. The van der Waals surface area contributed by atoms with Crippen LogP contribution in [0, 0.1) is 0 Å². The van der Waals surface area contributed by atoms with Gasteiger partial charge in [0.2, 0.25) is 0 Å². The van der Waals surface area contributed by atoms with Crippen LogP contribution in [-0.2, 0) is 0 Å². The highest BCUT2D eigenvalue weighted by atomic mass is 35.5. The molecule has 0 spiro atoms. The molecule has 0 amide bonds. The molecule has 0 bridgehead atoms. The highest BCUT2D eigenvalue weighted by Crippen LogP contribution is 2.36. The zero-order valence-corrected chi connectivity index (χ0v) is 11.7. The summed E-state index contributed by atoms with van der Waals surface area (Å²) in [6.45, 7) is 0. The molecule has 2 rings (SSSR count). The van der Waals surface area contributed by atoms with Crippen LogP contribution in [0.25, 0.3) is 0 Å². The van der Waals surface area contributed by atoms with Gasteiger partial charge in [-0.2, -0.15) is 0 Å². The Morgan fingerprint density at radius 3 is 2.29 bits per heavy atom. The van der Waals surface area contributed by atoms with Gasteiger partial charge in [-0.25, -0.2) is 0 Å². The van der Waals surface area contributed by atoms with Gasteiger partial charge in [-0.3, -0.25) is 0 Å². The van der Waals surface area contributed by atoms with E-state index in [1.807, 2.05) is 18.2 Å². The van der Waals surface area contributed by atoms with Gasteiger partial charge >= 0.3 is 0 Å². The number of rotatable bonds is 2. The molecule has 0 heterocycles. The fourth-order valence-corrected chi connectivity index (χ4v) is 3.09. The van der Waals surface area contributed by atoms with Crippen molar-refractivity contribution < 1.29 is 0 Å². The second-order valence-corrected chi connectivity index (χ2v) is 5.79. The lowest BCUT2D eigenvalue weighted by Gasteiger charge is -2.06. The first-order chi connectivity index (χ1) is 8.04. The summed E-state index contributed by atoms with van der Waals surface area (Å²) in [5.74, 6) is 0. The molecule has 0 unspecified atom stereocenters. The quantitative estimate of drug-likeness (QED) is 0.754. The molecule has 0 aliphatic rings. The van der Waals surface area contributed by atoms with Crippen LogP contribution in [0.3, 0.4) is 0 Å². The van der Waals surface area contributed by atoms with Gasteiger partial charge in [0, 0.05) is 25.5 Å². The van der Waals surface area contributed by atoms with E-state index in [-0.39, 0.29) is 0 Å². The highest BCUT2D eigenvalue weighted by molar-refractivity contribution is 7.99. The predicted molar refractivity (Wildman–Crippen MR) is 76.4 cm³/mol. The molecule has 2 N–H and O–H groups in total. The van der Waals surface area contributed by atoms with E-state index in [9.17, 15) is 0 Å². The van der Waals surface area contributed by atoms with Crippen LogP contribution < -0.4 is 5.73 Å². The first-order valence-electron chi connectivity index (χ1n) is 4.73. The van der Waals surface area contributed by atoms with Crippen molar-refractivity contribution in [1.29, 1.82) is 0 Å². The number of nitrogens with two attached hydrogens (primary N) is 1. The molecule has 5 heteroatoms. The number of nitrogen functional groups attached to an aromatic ring is 1. The molecule has 1 nitrogen and oxygen atoms in total. The largest absolute Gasteiger partial charge is 0.399 e. The minimum absolute atomic E-state index is 0.609. The number of benzene rings is 2. The van der Waals surface area contributed by atoms with Crippen molar-refractivity contribution >= 4 is 52.3 Å². The third-order valence-electron chi connectivity index (χ3n) is 2.02. The smallest absolute Gasteiger partial charge is 0.0560 e. The summed E-state index contributed by atoms with van der Waals surface area (Å²) in [6, 6.07) is 10.8. The molecule has 2 aromatic rings. The summed E-state index contributed by atoms with van der Waals surface area (Å²) in [5, 5.41) is 1.84. The molecule has 0 aromatic heterocycles. The van der Waals surface area contributed by atoms with E-state index in [2.05, 4.69) is 0 Å². The predicted octanol–water partition coefficient (Wildman–Crippen LogP) is 5.38. The summed E-state index contributed by atoms with van der Waals surface area (Å²) < 4.78 is 0. The average molecular weight is 305 g/mol. The Morgan fingerprint density at radius 1 is 0.882 bits per heavy atom. The normalized spacial score (nSPS) is 10.5. The van der Waals surface area contributed by atoms with E-state index >= 15 is 0 Å². The molecule has 88 valence electrons. The third kappa shape index (κ3) is 3.46. The molecule has 0 fully saturated rings. The molecule has 0 saturated carbocycles. The van der Waals surface area contributed by atoms with E-state index < -0.39 is 0 Å². The number of anilines is 1. The number of hydrogen-bond acceptors (Lipinski definition) is 2. The lowest BCUT2D eigenvalue weighted by molar-refractivity contribution is 1.41. The van der Waals surface area contributed by atoms with E-state index in [1.54, 1.807) is 18.2 Å². The van der Waals surface area contributed by atoms with Crippen LogP contribution in [0.1, 0.15) is 0 Å². The maximum atomic E-state index is 6.09. The zero-order valence-electron chi connectivity index (χ0n) is 8.58. The Balaban J connectivity index is 2.31. The molecule has 2 aromatic carbocycles. The molecule has 0 radical (unpaired) electrons. The van der Waals surface area contributed by atoms with Gasteiger partial charge in [-0.05, 0) is 36.4 Å². The van der Waals surface area contributed by atoms with Crippen LogP contribution >= 0.6 is 46.6 Å². The molecule has 0 saturated heterocycles. The van der Waals surface area contributed by atoms with Gasteiger partial charge in [0.25, 0.3) is 0 Å². The molecular formula is C12H8Cl3NS. The molecular weight excluding hydrogens is 297 g/mol. The van der Waals surface area contributed by atoms with Gasteiger partial charge in [-0.1, -0.05) is 46.6 Å². The van der Waals surface area contributed by atoms with Gasteiger partial charge in [0.15, 0.2) is 0 Å². The van der Waals surface area contributed by atoms with Crippen molar-refractivity contribution in [3.8, 4) is 0 Å². The lowest BCUT2D eigenvalue weighted by Crippen LogP contribution is -1.85. The minimum Gasteiger partial charge on any atom is -0.399 e. The molecule has 0 aliphatic heterocycles. The van der Waals surface area contributed by atoms with Gasteiger partial charge in [0.1, 0.15) is 0 Å². The molecule has 0 aliphatic carbocycles. The zero-order chi connectivity index (χ0) is 12.4. The SMILES string of the molecule is Nc1cc(Cl)cc(Sc2ccc(Cl)cc2Cl)c1. The van der Waals surface area contributed by atoms with Crippen molar-refractivity contribution in [2.75, 3.05) is 5.73 Å². The Bertz CT molecular complexity index is 537. The van der Waals surface area contributed by atoms with Crippen molar-refractivity contribution in [3.05, 3.63) is 51.5 Å². The van der Waals surface area contributed by atoms with E-state index in [1.165, 1.54) is 11.8 Å². The summed E-state index contributed by atoms with van der Waals surface area (Å²) in [7, 11) is 0. The number of halogens is 3. The minimum atomic E-state index is 0.609. The van der Waals surface area contributed by atoms with Crippen molar-refractivity contribution in [2.45, 2.75) is 9.79 Å². The Labute approximate surface area is 119 Å². The maximum absolute atomic E-state index is 6.09. The van der Waals surface area contributed by atoms with Crippen LogP contribution in [0.5, 0.6) is 0 Å². The Kier molecular flexibility index (Phi) is 4.10. The standard InChI is InChI=1S/C12H8Cl3NS/c13-7-1-2-12(11(15)5-7)17-10-4-8(14)3-9(16)6-10/h1-6H,16H2. The Morgan fingerprint density at radius 2 is 1.65 bits per heavy atom. The van der Waals surface area contributed by atoms with E-state index in [0.717, 1.165) is 9.79 Å². The second-order valence-electron chi connectivity index (χ2n) is 3.40. The monoisotopic (exact) mass is 303 g/mol. The summed E-state index contributed by atoms with van der Waals surface area (Å²) in [6.07, 6.45) is 0. The molecule has 0 atom stereocenters. The van der Waals surface area contributed by atoms with Crippen LogP contribution in [-0.4, -0.2) is 0 Å². The van der Waals surface area contributed by atoms with Crippen molar-refractivity contribution in [2.24, 2.45) is 0 Å². The highest BCUT2D eigenvalue weighted by Gasteiger charge is 2.05. The van der Waals surface area contributed by atoms with E-state index in [4.69, 9.17) is 40.5 Å². The molecule has 17 heavy (non-hydrogen) atoms. The van der Waals surface area contributed by atoms with Crippen LogP contribution in [0.4, 0.5) is 5.69 Å². The average Bonchev–Trinajstić information content (AvgIpc) is 2.21. The van der Waals surface area contributed by atoms with Crippen molar-refractivity contribution in [3.63, 3.8) is 0 Å². The van der Waals surface area contributed by atoms with E-state index in [0.29, 0.717) is 20.8 Å². The second kappa shape index (κ2) is 5.40. The first kappa shape index (κ1) is 12.9. The topological polar surface area (TPSA) is 26.0 Å².